The number of rotatable bonds is 13. The zero-order chi connectivity index (χ0) is 31.7. The number of nitrogens with one attached hydrogen (secondary N) is 5. The molecule has 0 aliphatic heterocycles. The molecular formula is C32H34N6O5S. The molecule has 2 atom stereocenters. The number of hydrogen-bond donors (Lipinski definition) is 6. The number of amides is 3. The van der Waals surface area contributed by atoms with E-state index in [2.05, 4.69) is 20.7 Å². The van der Waals surface area contributed by atoms with Gasteiger partial charge in [-0.2, -0.15) is 4.72 Å². The van der Waals surface area contributed by atoms with E-state index in [1.54, 1.807) is 42.5 Å². The third kappa shape index (κ3) is 8.72. The maximum absolute atomic E-state index is 13.3. The molecule has 0 aliphatic carbocycles. The lowest BCUT2D eigenvalue weighted by atomic mass is 10.0. The maximum Gasteiger partial charge on any atom is 0.242 e. The van der Waals surface area contributed by atoms with Crippen molar-refractivity contribution in [2.75, 3.05) is 6.54 Å². The SMILES string of the molecule is CC(NC(=O)C(CNC(=O)Cc1ccc2ccccc2c1)NS(=O)(=O)c1ccccc1)C(=O)NCc1ccc(C(=N)N)cc1. The van der Waals surface area contributed by atoms with Gasteiger partial charge in [-0.25, -0.2) is 8.42 Å². The highest BCUT2D eigenvalue weighted by molar-refractivity contribution is 7.89. The number of sulfonamides is 1. The van der Waals surface area contributed by atoms with Gasteiger partial charge in [-0.05, 0) is 41.0 Å². The molecule has 3 amide bonds. The topological polar surface area (TPSA) is 183 Å². The van der Waals surface area contributed by atoms with Crippen molar-refractivity contribution in [2.24, 2.45) is 5.73 Å². The van der Waals surface area contributed by atoms with E-state index in [1.165, 1.54) is 19.1 Å². The molecule has 4 aromatic rings. The lowest BCUT2D eigenvalue weighted by molar-refractivity contribution is -0.129. The Labute approximate surface area is 255 Å². The van der Waals surface area contributed by atoms with Gasteiger partial charge in [0.15, 0.2) is 0 Å². The highest BCUT2D eigenvalue weighted by Crippen LogP contribution is 2.16. The van der Waals surface area contributed by atoms with Crippen molar-refractivity contribution in [1.29, 1.82) is 5.41 Å². The van der Waals surface area contributed by atoms with Crippen molar-refractivity contribution in [3.8, 4) is 0 Å². The lowest BCUT2D eigenvalue weighted by Gasteiger charge is -2.22. The molecule has 228 valence electrons. The van der Waals surface area contributed by atoms with E-state index in [0.29, 0.717) is 5.56 Å². The summed E-state index contributed by atoms with van der Waals surface area (Å²) in [7, 11) is -4.13. The monoisotopic (exact) mass is 614 g/mol. The average Bonchev–Trinajstić information content (AvgIpc) is 3.02. The zero-order valence-electron chi connectivity index (χ0n) is 24.0. The van der Waals surface area contributed by atoms with Crippen molar-refractivity contribution in [1.82, 2.24) is 20.7 Å². The van der Waals surface area contributed by atoms with Crippen LogP contribution in [0.2, 0.25) is 0 Å². The molecule has 2 unspecified atom stereocenters. The van der Waals surface area contributed by atoms with E-state index in [-0.39, 0.29) is 30.2 Å². The van der Waals surface area contributed by atoms with Crippen LogP contribution >= 0.6 is 0 Å². The first-order valence-corrected chi connectivity index (χ1v) is 15.3. The molecule has 44 heavy (non-hydrogen) atoms. The van der Waals surface area contributed by atoms with Gasteiger partial charge in [0.05, 0.1) is 11.3 Å². The zero-order valence-corrected chi connectivity index (χ0v) is 24.9. The van der Waals surface area contributed by atoms with E-state index in [9.17, 15) is 22.8 Å². The van der Waals surface area contributed by atoms with Gasteiger partial charge in [-0.15, -0.1) is 0 Å². The van der Waals surface area contributed by atoms with Gasteiger partial charge in [0.1, 0.15) is 17.9 Å². The summed E-state index contributed by atoms with van der Waals surface area (Å²) in [5.74, 6) is -1.76. The fourth-order valence-corrected chi connectivity index (χ4v) is 5.60. The van der Waals surface area contributed by atoms with Gasteiger partial charge in [0, 0.05) is 18.7 Å². The molecular weight excluding hydrogens is 580 g/mol. The summed E-state index contributed by atoms with van der Waals surface area (Å²) in [6.45, 7) is 1.28. The summed E-state index contributed by atoms with van der Waals surface area (Å²) in [6, 6.07) is 25.2. The van der Waals surface area contributed by atoms with E-state index in [1.807, 2.05) is 42.5 Å². The average molecular weight is 615 g/mol. The van der Waals surface area contributed by atoms with Gasteiger partial charge in [0.2, 0.25) is 27.7 Å². The lowest BCUT2D eigenvalue weighted by Crippen LogP contribution is -2.56. The molecule has 0 saturated heterocycles. The first kappa shape index (κ1) is 31.9. The van der Waals surface area contributed by atoms with Crippen molar-refractivity contribution in [2.45, 2.75) is 36.9 Å². The third-order valence-corrected chi connectivity index (χ3v) is 8.32. The van der Waals surface area contributed by atoms with Crippen LogP contribution in [0, 0.1) is 5.41 Å². The van der Waals surface area contributed by atoms with Crippen LogP contribution in [0.1, 0.15) is 23.6 Å². The molecule has 0 radical (unpaired) electrons. The fraction of sp³-hybridized carbons (Fsp3) is 0.188. The Morgan fingerprint density at radius 1 is 0.795 bits per heavy atom. The van der Waals surface area contributed by atoms with Crippen molar-refractivity contribution in [3.05, 3.63) is 114 Å². The minimum absolute atomic E-state index is 0.0246. The summed E-state index contributed by atoms with van der Waals surface area (Å²) in [5.41, 5.74) is 7.53. The number of fused-ring (bicyclic) bond motifs is 1. The number of benzene rings is 4. The molecule has 0 spiro atoms. The first-order chi connectivity index (χ1) is 21.0. The van der Waals surface area contributed by atoms with Crippen LogP contribution in [0.25, 0.3) is 10.8 Å². The summed E-state index contributed by atoms with van der Waals surface area (Å²) in [5, 5.41) is 17.4. The molecule has 0 saturated carbocycles. The van der Waals surface area contributed by atoms with Gasteiger partial charge >= 0.3 is 0 Å². The number of nitrogens with two attached hydrogens (primary N) is 1. The summed E-state index contributed by atoms with van der Waals surface area (Å²) < 4.78 is 28.5. The normalized spacial score (nSPS) is 12.6. The number of nitrogen functional groups attached to an aromatic ring is 1. The van der Waals surface area contributed by atoms with Crippen LogP contribution in [0.15, 0.2) is 102 Å². The van der Waals surface area contributed by atoms with Crippen LogP contribution in [0.5, 0.6) is 0 Å². The van der Waals surface area contributed by atoms with E-state index in [0.717, 1.165) is 21.9 Å². The molecule has 0 heterocycles. The molecule has 0 bridgehead atoms. The standard InChI is InChI=1S/C32H34N6O5S/c1-21(31(40)36-19-22-11-15-25(16-12-22)30(33)34)37-32(41)28(38-44(42,43)27-9-3-2-4-10-27)20-35-29(39)18-23-13-14-24-7-5-6-8-26(24)17-23/h2-17,21,28,38H,18-20H2,1H3,(H3,33,34)(H,35,39)(H,36,40)(H,37,41). The van der Waals surface area contributed by atoms with Gasteiger partial charge in [-0.3, -0.25) is 19.8 Å². The highest BCUT2D eigenvalue weighted by atomic mass is 32.2. The third-order valence-electron chi connectivity index (χ3n) is 6.83. The number of hydrogen-bond acceptors (Lipinski definition) is 6. The van der Waals surface area contributed by atoms with Crippen LogP contribution < -0.4 is 26.4 Å². The quantitative estimate of drug-likeness (QED) is 0.0988. The predicted molar refractivity (Wildman–Crippen MR) is 168 cm³/mol. The van der Waals surface area contributed by atoms with Crippen molar-refractivity contribution >= 4 is 44.4 Å². The van der Waals surface area contributed by atoms with Crippen LogP contribution in [-0.2, 0) is 37.4 Å². The summed E-state index contributed by atoms with van der Waals surface area (Å²) >= 11 is 0. The molecule has 4 rings (SSSR count). The van der Waals surface area contributed by atoms with Crippen molar-refractivity contribution in [3.63, 3.8) is 0 Å². The molecule has 4 aromatic carbocycles. The fourth-order valence-electron chi connectivity index (χ4n) is 4.38. The first-order valence-electron chi connectivity index (χ1n) is 13.8. The predicted octanol–water partition coefficient (Wildman–Crippen LogP) is 1.95. The Hall–Kier alpha value is -5.07. The Balaban J connectivity index is 1.40. The molecule has 12 heteroatoms. The molecule has 0 fully saturated rings. The van der Waals surface area contributed by atoms with Crippen LogP contribution in [0.3, 0.4) is 0 Å². The van der Waals surface area contributed by atoms with Gasteiger partial charge in [0.25, 0.3) is 0 Å². The highest BCUT2D eigenvalue weighted by Gasteiger charge is 2.28. The Bertz CT molecular complexity index is 1760. The van der Waals surface area contributed by atoms with E-state index >= 15 is 0 Å². The maximum atomic E-state index is 13.3. The largest absolute Gasteiger partial charge is 0.384 e. The second kappa shape index (κ2) is 14.4. The molecule has 11 nitrogen and oxygen atoms in total. The van der Waals surface area contributed by atoms with Crippen LogP contribution in [-0.4, -0.2) is 50.6 Å². The van der Waals surface area contributed by atoms with Gasteiger partial charge < -0.3 is 21.7 Å². The summed E-state index contributed by atoms with van der Waals surface area (Å²) in [6.07, 6.45) is 0.0246. The molecule has 0 aliphatic rings. The van der Waals surface area contributed by atoms with Crippen molar-refractivity contribution < 1.29 is 22.8 Å². The molecule has 7 N–H and O–H groups in total. The van der Waals surface area contributed by atoms with Gasteiger partial charge in [-0.1, -0.05) is 84.9 Å². The number of carbonyl (C=O) groups excluding carboxylic acids is 3. The molecule has 0 aromatic heterocycles. The summed E-state index contributed by atoms with van der Waals surface area (Å²) in [4.78, 5) is 38.8. The second-order valence-electron chi connectivity index (χ2n) is 10.2. The minimum Gasteiger partial charge on any atom is -0.384 e. The van der Waals surface area contributed by atoms with E-state index < -0.39 is 39.8 Å². The van der Waals surface area contributed by atoms with E-state index in [4.69, 9.17) is 11.1 Å². The Kier molecular flexibility index (Phi) is 10.4. The number of carbonyl (C=O) groups is 3. The Morgan fingerprint density at radius 2 is 1.43 bits per heavy atom. The Morgan fingerprint density at radius 3 is 2.11 bits per heavy atom. The smallest absolute Gasteiger partial charge is 0.242 e. The number of amidine groups is 1. The van der Waals surface area contributed by atoms with Crippen LogP contribution in [0.4, 0.5) is 0 Å². The second-order valence-corrected chi connectivity index (χ2v) is 11.9. The minimum atomic E-state index is -4.13.